The summed E-state index contributed by atoms with van der Waals surface area (Å²) in [4.78, 5) is 8.70. The Bertz CT molecular complexity index is 432. The molecule has 2 heterocycles. The number of aryl methyl sites for hydroxylation is 1. The lowest BCUT2D eigenvalue weighted by molar-refractivity contribution is 0.311. The second-order valence-electron chi connectivity index (χ2n) is 4.25. The fraction of sp³-hybridized carbons (Fsp3) is 0.455. The van der Waals surface area contributed by atoms with Gasteiger partial charge in [0.05, 0.1) is 5.54 Å². The summed E-state index contributed by atoms with van der Waals surface area (Å²) in [5.74, 6) is 0.722. The Morgan fingerprint density at radius 1 is 1.40 bits per heavy atom. The molecule has 0 N–H and O–H groups in total. The van der Waals surface area contributed by atoms with Gasteiger partial charge in [0.15, 0.2) is 0 Å². The van der Waals surface area contributed by atoms with Crippen LogP contribution >= 0.6 is 11.6 Å². The van der Waals surface area contributed by atoms with E-state index in [9.17, 15) is 0 Å². The molecule has 1 aromatic heterocycles. The van der Waals surface area contributed by atoms with E-state index in [0.29, 0.717) is 5.15 Å². The van der Waals surface area contributed by atoms with Gasteiger partial charge < -0.3 is 4.74 Å². The van der Waals surface area contributed by atoms with Crippen LogP contribution in [-0.4, -0.2) is 23.0 Å². The van der Waals surface area contributed by atoms with E-state index in [1.807, 2.05) is 13.0 Å². The predicted molar refractivity (Wildman–Crippen MR) is 58.4 cm³/mol. The molecule has 1 spiro atoms. The third-order valence-electron chi connectivity index (χ3n) is 2.81. The molecule has 1 saturated carbocycles. The number of aromatic nitrogens is 1. The number of aliphatic imine (C=N–C) groups is 1. The van der Waals surface area contributed by atoms with Crippen LogP contribution < -0.4 is 0 Å². The molecule has 0 saturated heterocycles. The third-order valence-corrected chi connectivity index (χ3v) is 3.01. The van der Waals surface area contributed by atoms with E-state index < -0.39 is 0 Å². The van der Waals surface area contributed by atoms with Crippen LogP contribution in [0.15, 0.2) is 17.1 Å². The van der Waals surface area contributed by atoms with E-state index >= 15 is 0 Å². The number of nitrogens with zero attached hydrogens (tertiary/aromatic N) is 2. The van der Waals surface area contributed by atoms with E-state index in [1.165, 1.54) is 0 Å². The van der Waals surface area contributed by atoms with Crippen molar-refractivity contribution in [2.45, 2.75) is 25.3 Å². The zero-order valence-corrected chi connectivity index (χ0v) is 9.21. The summed E-state index contributed by atoms with van der Waals surface area (Å²) in [6.07, 6.45) is 2.29. The summed E-state index contributed by atoms with van der Waals surface area (Å²) >= 11 is 5.89. The highest BCUT2D eigenvalue weighted by molar-refractivity contribution is 6.29. The van der Waals surface area contributed by atoms with Gasteiger partial charge in [0.2, 0.25) is 5.90 Å². The van der Waals surface area contributed by atoms with E-state index in [-0.39, 0.29) is 5.54 Å². The van der Waals surface area contributed by atoms with E-state index in [4.69, 9.17) is 16.3 Å². The van der Waals surface area contributed by atoms with Crippen LogP contribution in [0.4, 0.5) is 0 Å². The van der Waals surface area contributed by atoms with Gasteiger partial charge >= 0.3 is 0 Å². The first-order chi connectivity index (χ1) is 7.17. The summed E-state index contributed by atoms with van der Waals surface area (Å²) in [5.41, 5.74) is 1.94. The van der Waals surface area contributed by atoms with Gasteiger partial charge in [0.25, 0.3) is 0 Å². The van der Waals surface area contributed by atoms with Crippen molar-refractivity contribution in [2.24, 2.45) is 4.99 Å². The number of pyridine rings is 1. The molecule has 1 fully saturated rings. The Morgan fingerprint density at radius 3 is 2.80 bits per heavy atom. The first-order valence-electron chi connectivity index (χ1n) is 5.04. The summed E-state index contributed by atoms with van der Waals surface area (Å²) in [6.45, 7) is 2.64. The van der Waals surface area contributed by atoms with Crippen LogP contribution in [-0.2, 0) is 4.74 Å². The molecule has 0 bridgehead atoms. The molecule has 3 nitrogen and oxygen atoms in total. The summed E-state index contributed by atoms with van der Waals surface area (Å²) < 4.78 is 5.59. The maximum Gasteiger partial charge on any atom is 0.217 e. The molecular weight excluding hydrogens is 212 g/mol. The second kappa shape index (κ2) is 2.95. The monoisotopic (exact) mass is 222 g/mol. The molecule has 0 radical (unpaired) electrons. The van der Waals surface area contributed by atoms with E-state index in [1.54, 1.807) is 6.07 Å². The lowest BCUT2D eigenvalue weighted by Gasteiger charge is -2.02. The fourth-order valence-electron chi connectivity index (χ4n) is 1.78. The van der Waals surface area contributed by atoms with Crippen molar-refractivity contribution < 1.29 is 4.74 Å². The molecule has 0 aromatic carbocycles. The maximum absolute atomic E-state index is 5.89. The van der Waals surface area contributed by atoms with Crippen LogP contribution in [0.25, 0.3) is 0 Å². The minimum Gasteiger partial charge on any atom is -0.475 e. The molecule has 0 unspecified atom stereocenters. The molecule has 1 aliphatic heterocycles. The average molecular weight is 223 g/mol. The van der Waals surface area contributed by atoms with Crippen LogP contribution in [0.1, 0.15) is 24.1 Å². The zero-order valence-electron chi connectivity index (χ0n) is 8.46. The highest BCUT2D eigenvalue weighted by atomic mass is 35.5. The van der Waals surface area contributed by atoms with Crippen LogP contribution in [0.5, 0.6) is 0 Å². The van der Waals surface area contributed by atoms with Crippen molar-refractivity contribution in [3.63, 3.8) is 0 Å². The van der Waals surface area contributed by atoms with Gasteiger partial charge in [-0.25, -0.2) is 9.98 Å². The van der Waals surface area contributed by atoms with E-state index in [2.05, 4.69) is 9.98 Å². The van der Waals surface area contributed by atoms with Gasteiger partial charge in [-0.3, -0.25) is 0 Å². The fourth-order valence-corrected chi connectivity index (χ4v) is 2.03. The van der Waals surface area contributed by atoms with Gasteiger partial charge in [-0.2, -0.15) is 0 Å². The van der Waals surface area contributed by atoms with Crippen molar-refractivity contribution in [3.8, 4) is 0 Å². The maximum atomic E-state index is 5.89. The Labute approximate surface area is 93.1 Å². The van der Waals surface area contributed by atoms with Gasteiger partial charge in [0, 0.05) is 11.3 Å². The van der Waals surface area contributed by atoms with Crippen LogP contribution in [0, 0.1) is 6.92 Å². The highest BCUT2D eigenvalue weighted by Gasteiger charge is 2.47. The first kappa shape index (κ1) is 9.16. The molecule has 1 aromatic rings. The highest BCUT2D eigenvalue weighted by Crippen LogP contribution is 2.43. The largest absolute Gasteiger partial charge is 0.475 e. The SMILES string of the molecule is Cc1cc(C2=NC3(CC3)CO2)cc(Cl)n1. The number of rotatable bonds is 1. The van der Waals surface area contributed by atoms with Crippen molar-refractivity contribution in [1.29, 1.82) is 0 Å². The molecule has 15 heavy (non-hydrogen) atoms. The number of hydrogen-bond acceptors (Lipinski definition) is 3. The molecule has 2 aliphatic rings. The molecule has 0 atom stereocenters. The van der Waals surface area contributed by atoms with Crippen LogP contribution in [0.2, 0.25) is 5.15 Å². The van der Waals surface area contributed by atoms with Gasteiger partial charge in [-0.05, 0) is 31.9 Å². The Morgan fingerprint density at radius 2 is 2.20 bits per heavy atom. The number of hydrogen-bond donors (Lipinski definition) is 0. The zero-order chi connectivity index (χ0) is 10.5. The lowest BCUT2D eigenvalue weighted by Crippen LogP contribution is -2.05. The van der Waals surface area contributed by atoms with Crippen LogP contribution in [0.3, 0.4) is 0 Å². The second-order valence-corrected chi connectivity index (χ2v) is 4.64. The Balaban J connectivity index is 1.99. The van der Waals surface area contributed by atoms with E-state index in [0.717, 1.165) is 36.6 Å². The Kier molecular flexibility index (Phi) is 1.80. The summed E-state index contributed by atoms with van der Waals surface area (Å²) in [5, 5.41) is 0.494. The third kappa shape index (κ3) is 1.61. The van der Waals surface area contributed by atoms with Gasteiger partial charge in [-0.1, -0.05) is 11.6 Å². The summed E-state index contributed by atoms with van der Waals surface area (Å²) in [6, 6.07) is 3.75. The minimum absolute atomic E-state index is 0.110. The number of ether oxygens (including phenoxy) is 1. The smallest absolute Gasteiger partial charge is 0.217 e. The average Bonchev–Trinajstić information content (AvgIpc) is 2.74. The van der Waals surface area contributed by atoms with Gasteiger partial charge in [-0.15, -0.1) is 0 Å². The first-order valence-corrected chi connectivity index (χ1v) is 5.42. The lowest BCUT2D eigenvalue weighted by atomic mass is 10.2. The quantitative estimate of drug-likeness (QED) is 0.684. The van der Waals surface area contributed by atoms with Crippen molar-refractivity contribution >= 4 is 17.5 Å². The molecular formula is C11H11ClN2O. The molecule has 0 amide bonds. The minimum atomic E-state index is 0.110. The summed E-state index contributed by atoms with van der Waals surface area (Å²) in [7, 11) is 0. The molecule has 1 aliphatic carbocycles. The van der Waals surface area contributed by atoms with Crippen molar-refractivity contribution in [2.75, 3.05) is 6.61 Å². The molecule has 3 rings (SSSR count). The van der Waals surface area contributed by atoms with Gasteiger partial charge in [0.1, 0.15) is 11.8 Å². The molecule has 78 valence electrons. The number of halogens is 1. The molecule has 4 heteroatoms. The topological polar surface area (TPSA) is 34.5 Å². The Hall–Kier alpha value is -1.09. The predicted octanol–water partition coefficient (Wildman–Crippen LogP) is 2.35. The van der Waals surface area contributed by atoms with Crippen molar-refractivity contribution in [1.82, 2.24) is 4.98 Å². The standard InChI is InChI=1S/C11H11ClN2O/c1-7-4-8(5-9(12)13-7)10-14-11(2-3-11)6-15-10/h4-5H,2-3,6H2,1H3. The van der Waals surface area contributed by atoms with Crippen molar-refractivity contribution in [3.05, 3.63) is 28.5 Å². The normalized spacial score (nSPS) is 21.3.